The number of hydrogen-bond donors (Lipinski definition) is 0. The van der Waals surface area contributed by atoms with Gasteiger partial charge in [-0.05, 0) is 20.5 Å². The van der Waals surface area contributed by atoms with E-state index in [1.165, 1.54) is 0 Å². The van der Waals surface area contributed by atoms with Gasteiger partial charge < -0.3 is 9.26 Å². The highest BCUT2D eigenvalue weighted by atomic mass is 16.5. The van der Waals surface area contributed by atoms with Crippen molar-refractivity contribution in [3.63, 3.8) is 0 Å². The van der Waals surface area contributed by atoms with E-state index in [0.29, 0.717) is 30.5 Å². The molecule has 0 spiro atoms. The van der Waals surface area contributed by atoms with Gasteiger partial charge >= 0.3 is 0 Å². The Morgan fingerprint density at radius 3 is 2.80 bits per heavy atom. The number of methoxy groups -OCH3 is 1. The molecule has 2 atom stereocenters. The van der Waals surface area contributed by atoms with Gasteiger partial charge in [-0.25, -0.2) is 0 Å². The maximum Gasteiger partial charge on any atom is 0.240 e. The summed E-state index contributed by atoms with van der Waals surface area (Å²) in [4.78, 5) is 9.01. The molecule has 1 fully saturated rings. The molecule has 1 aliphatic rings. The molecule has 0 amide bonds. The summed E-state index contributed by atoms with van der Waals surface area (Å²) in [5, 5.41) is 4.00. The summed E-state index contributed by atoms with van der Waals surface area (Å²) in [7, 11) is 6.03. The first kappa shape index (κ1) is 15.4. The Labute approximate surface area is 121 Å². The molecule has 6 nitrogen and oxygen atoms in total. The molecule has 20 heavy (non-hydrogen) atoms. The molecule has 0 unspecified atom stereocenters. The third-order valence-electron chi connectivity index (χ3n) is 3.91. The molecule has 2 rings (SSSR count). The van der Waals surface area contributed by atoms with Crippen molar-refractivity contribution in [2.45, 2.75) is 44.9 Å². The van der Waals surface area contributed by atoms with Crippen molar-refractivity contribution in [1.29, 1.82) is 0 Å². The molecule has 1 aliphatic heterocycles. The average molecular weight is 282 g/mol. The molecule has 0 N–H and O–H groups in total. The van der Waals surface area contributed by atoms with Crippen LogP contribution in [0.25, 0.3) is 0 Å². The van der Waals surface area contributed by atoms with Crippen LogP contribution >= 0.6 is 0 Å². The van der Waals surface area contributed by atoms with E-state index < -0.39 is 0 Å². The van der Waals surface area contributed by atoms with Crippen LogP contribution in [0.5, 0.6) is 0 Å². The van der Waals surface area contributed by atoms with E-state index in [1.807, 2.05) is 0 Å². The van der Waals surface area contributed by atoms with Crippen LogP contribution in [0, 0.1) is 0 Å². The Bertz CT molecular complexity index is 421. The van der Waals surface area contributed by atoms with Gasteiger partial charge in [0.05, 0.1) is 12.6 Å². The van der Waals surface area contributed by atoms with E-state index in [2.05, 4.69) is 47.9 Å². The quantitative estimate of drug-likeness (QED) is 0.785. The molecule has 0 aromatic carbocycles. The summed E-state index contributed by atoms with van der Waals surface area (Å²) in [5.74, 6) is 1.78. The maximum atomic E-state index is 5.44. The van der Waals surface area contributed by atoms with Gasteiger partial charge in [0.25, 0.3) is 0 Å². The summed E-state index contributed by atoms with van der Waals surface area (Å²) < 4.78 is 10.7. The third kappa shape index (κ3) is 3.77. The largest absolute Gasteiger partial charge is 0.380 e. The lowest BCUT2D eigenvalue weighted by Crippen LogP contribution is -2.36. The number of aromatic nitrogens is 2. The lowest BCUT2D eigenvalue weighted by Gasteiger charge is -2.24. The summed E-state index contributed by atoms with van der Waals surface area (Å²) in [6, 6.07) is 0.525. The molecule has 1 saturated heterocycles. The Balaban J connectivity index is 1.84. The number of ether oxygens (including phenoxy) is 1. The molecule has 114 valence electrons. The fraction of sp³-hybridized carbons (Fsp3) is 0.857. The van der Waals surface area contributed by atoms with Crippen LogP contribution in [0.2, 0.25) is 0 Å². The topological polar surface area (TPSA) is 54.6 Å². The van der Waals surface area contributed by atoms with E-state index in [0.717, 1.165) is 25.3 Å². The molecule has 2 heterocycles. The molecule has 1 aromatic rings. The summed E-state index contributed by atoms with van der Waals surface area (Å²) >= 11 is 0. The standard InChI is InChI=1S/C14H26N4O2/c1-10(2)14-15-13(20-16-14)9-17(3)7-11-6-12(19-5)8-18(11)4/h10-12H,6-9H2,1-5H3/t11-,12-/m0/s1. The van der Waals surface area contributed by atoms with Crippen molar-refractivity contribution in [3.8, 4) is 0 Å². The number of likely N-dealkylation sites (tertiary alicyclic amines) is 1. The number of nitrogens with zero attached hydrogens (tertiary/aromatic N) is 4. The van der Waals surface area contributed by atoms with Crippen molar-refractivity contribution in [2.75, 3.05) is 34.3 Å². The molecule has 0 saturated carbocycles. The number of hydrogen-bond acceptors (Lipinski definition) is 6. The predicted octanol–water partition coefficient (Wildman–Crippen LogP) is 1.34. The molecule has 1 aromatic heterocycles. The molecular formula is C14H26N4O2. The van der Waals surface area contributed by atoms with Crippen LogP contribution in [-0.2, 0) is 11.3 Å². The molecule has 0 radical (unpaired) electrons. The van der Waals surface area contributed by atoms with Gasteiger partial charge in [-0.1, -0.05) is 19.0 Å². The lowest BCUT2D eigenvalue weighted by molar-refractivity contribution is 0.111. The van der Waals surface area contributed by atoms with E-state index in [-0.39, 0.29) is 0 Å². The van der Waals surface area contributed by atoms with E-state index in [4.69, 9.17) is 9.26 Å². The highest BCUT2D eigenvalue weighted by Crippen LogP contribution is 2.19. The van der Waals surface area contributed by atoms with Crippen LogP contribution in [0.1, 0.15) is 37.9 Å². The summed E-state index contributed by atoms with van der Waals surface area (Å²) in [6.07, 6.45) is 1.44. The van der Waals surface area contributed by atoms with Crippen LogP contribution in [0.15, 0.2) is 4.52 Å². The summed E-state index contributed by atoms with van der Waals surface area (Å²) in [6.45, 7) is 6.82. The average Bonchev–Trinajstić information content (AvgIpc) is 2.97. The first-order chi connectivity index (χ1) is 9.49. The van der Waals surface area contributed by atoms with Crippen molar-refractivity contribution >= 4 is 0 Å². The lowest BCUT2D eigenvalue weighted by atomic mass is 10.2. The minimum atomic E-state index is 0.307. The van der Waals surface area contributed by atoms with E-state index in [1.54, 1.807) is 7.11 Å². The Kier molecular flexibility index (Phi) is 5.12. The fourth-order valence-electron chi connectivity index (χ4n) is 2.63. The van der Waals surface area contributed by atoms with Crippen LogP contribution in [0.4, 0.5) is 0 Å². The summed E-state index contributed by atoms with van der Waals surface area (Å²) in [5.41, 5.74) is 0. The van der Waals surface area contributed by atoms with Crippen molar-refractivity contribution in [1.82, 2.24) is 19.9 Å². The second-order valence-electron chi connectivity index (χ2n) is 6.08. The van der Waals surface area contributed by atoms with Gasteiger partial charge in [-0.3, -0.25) is 9.80 Å². The van der Waals surface area contributed by atoms with Gasteiger partial charge in [-0.15, -0.1) is 0 Å². The second kappa shape index (κ2) is 6.65. The van der Waals surface area contributed by atoms with Crippen molar-refractivity contribution in [3.05, 3.63) is 11.7 Å². The Morgan fingerprint density at radius 1 is 1.50 bits per heavy atom. The highest BCUT2D eigenvalue weighted by Gasteiger charge is 2.30. The van der Waals surface area contributed by atoms with Gasteiger partial charge in [0.15, 0.2) is 5.82 Å². The van der Waals surface area contributed by atoms with E-state index in [9.17, 15) is 0 Å². The van der Waals surface area contributed by atoms with Crippen LogP contribution < -0.4 is 0 Å². The third-order valence-corrected chi connectivity index (χ3v) is 3.91. The second-order valence-corrected chi connectivity index (χ2v) is 6.08. The highest BCUT2D eigenvalue weighted by molar-refractivity contribution is 4.92. The minimum Gasteiger partial charge on any atom is -0.380 e. The first-order valence-electron chi connectivity index (χ1n) is 7.23. The number of rotatable bonds is 6. The van der Waals surface area contributed by atoms with Crippen LogP contribution in [-0.4, -0.2) is 66.4 Å². The predicted molar refractivity (Wildman–Crippen MR) is 76.6 cm³/mol. The molecule has 0 bridgehead atoms. The Hall–Kier alpha value is -0.980. The molecule has 0 aliphatic carbocycles. The maximum absolute atomic E-state index is 5.44. The zero-order valence-electron chi connectivity index (χ0n) is 13.2. The van der Waals surface area contributed by atoms with Gasteiger partial charge in [0.1, 0.15) is 0 Å². The zero-order valence-corrected chi connectivity index (χ0v) is 13.2. The molecular weight excluding hydrogens is 256 g/mol. The smallest absolute Gasteiger partial charge is 0.240 e. The normalized spacial score (nSPS) is 24.1. The van der Waals surface area contributed by atoms with Gasteiger partial charge in [0, 0.05) is 32.2 Å². The van der Waals surface area contributed by atoms with Crippen molar-refractivity contribution < 1.29 is 9.26 Å². The fourth-order valence-corrected chi connectivity index (χ4v) is 2.63. The van der Waals surface area contributed by atoms with Crippen LogP contribution in [0.3, 0.4) is 0 Å². The Morgan fingerprint density at radius 2 is 2.25 bits per heavy atom. The van der Waals surface area contributed by atoms with Gasteiger partial charge in [0.2, 0.25) is 5.89 Å². The van der Waals surface area contributed by atoms with E-state index >= 15 is 0 Å². The van der Waals surface area contributed by atoms with Gasteiger partial charge in [-0.2, -0.15) is 4.98 Å². The SMILES string of the molecule is CO[C@H]1C[C@@H](CN(C)Cc2nc(C(C)C)no2)N(C)C1. The monoisotopic (exact) mass is 282 g/mol. The minimum absolute atomic E-state index is 0.307. The molecule has 6 heteroatoms. The van der Waals surface area contributed by atoms with Crippen molar-refractivity contribution in [2.24, 2.45) is 0 Å². The zero-order chi connectivity index (χ0) is 14.7. The first-order valence-corrected chi connectivity index (χ1v) is 7.23. The number of likely N-dealkylation sites (N-methyl/N-ethyl adjacent to an activating group) is 2.